The quantitative estimate of drug-likeness (QED) is 0.671. The highest BCUT2D eigenvalue weighted by Crippen LogP contribution is 2.28. The van der Waals surface area contributed by atoms with E-state index in [2.05, 4.69) is 10.3 Å². The number of imide groups is 1. The maximum absolute atomic E-state index is 12.6. The summed E-state index contributed by atoms with van der Waals surface area (Å²) in [6.45, 7) is 1.71. The van der Waals surface area contributed by atoms with Gasteiger partial charge >= 0.3 is 0 Å². The average Bonchev–Trinajstić information content (AvgIpc) is 3.17. The van der Waals surface area contributed by atoms with E-state index >= 15 is 0 Å². The molecule has 0 spiro atoms. The lowest BCUT2D eigenvalue weighted by Crippen LogP contribution is -2.29. The van der Waals surface area contributed by atoms with E-state index in [0.717, 1.165) is 4.90 Å². The van der Waals surface area contributed by atoms with Crippen LogP contribution in [0.1, 0.15) is 36.8 Å². The summed E-state index contributed by atoms with van der Waals surface area (Å²) in [5.74, 6) is -1.18. The Morgan fingerprint density at radius 1 is 0.960 bits per heavy atom. The molecule has 2 aromatic carbocycles. The van der Waals surface area contributed by atoms with E-state index < -0.39 is 11.8 Å². The highest BCUT2D eigenvalue weighted by molar-refractivity contribution is 6.34. The summed E-state index contributed by atoms with van der Waals surface area (Å²) in [4.78, 5) is 38.8. The van der Waals surface area contributed by atoms with Crippen molar-refractivity contribution in [2.24, 2.45) is 0 Å². The van der Waals surface area contributed by atoms with Gasteiger partial charge in [0.25, 0.3) is 17.7 Å². The molecule has 4 rings (SSSR count). The summed E-state index contributed by atoms with van der Waals surface area (Å²) < 4.78 is 1.17. The summed E-state index contributed by atoms with van der Waals surface area (Å²) in [5, 5.41) is 7.44. The van der Waals surface area contributed by atoms with Crippen LogP contribution < -0.4 is 4.90 Å². The Labute approximate surface area is 142 Å². The number of hydrogen-bond acceptors (Lipinski definition) is 5. The van der Waals surface area contributed by atoms with E-state index in [9.17, 15) is 14.4 Å². The van der Waals surface area contributed by atoms with Gasteiger partial charge in [-0.3, -0.25) is 14.4 Å². The topological polar surface area (TPSA) is 85.2 Å². The Balaban J connectivity index is 1.74. The van der Waals surface area contributed by atoms with Crippen LogP contribution in [0.2, 0.25) is 0 Å². The van der Waals surface area contributed by atoms with Crippen molar-refractivity contribution in [2.45, 2.75) is 6.92 Å². The molecule has 3 aromatic rings. The van der Waals surface area contributed by atoms with Gasteiger partial charge in [-0.05, 0) is 37.3 Å². The Bertz CT molecular complexity index is 1000. The van der Waals surface area contributed by atoms with Gasteiger partial charge in [-0.1, -0.05) is 23.4 Å². The molecular weight excluding hydrogens is 320 g/mol. The van der Waals surface area contributed by atoms with Crippen molar-refractivity contribution in [1.29, 1.82) is 0 Å². The van der Waals surface area contributed by atoms with E-state index in [-0.39, 0.29) is 5.91 Å². The Morgan fingerprint density at radius 2 is 1.64 bits per heavy atom. The van der Waals surface area contributed by atoms with Gasteiger partial charge < -0.3 is 0 Å². The minimum Gasteiger partial charge on any atom is -0.268 e. The molecule has 0 saturated carbocycles. The molecule has 0 aliphatic carbocycles. The molecule has 1 aliphatic heterocycles. The van der Waals surface area contributed by atoms with Crippen molar-refractivity contribution in [3.63, 3.8) is 0 Å². The predicted octanol–water partition coefficient (Wildman–Crippen LogP) is 2.08. The average molecular weight is 332 g/mol. The zero-order chi connectivity index (χ0) is 17.6. The number of carbonyl (C=O) groups excluding carboxylic acids is 3. The van der Waals surface area contributed by atoms with Crippen LogP contribution in [0.4, 0.5) is 5.69 Å². The van der Waals surface area contributed by atoms with Crippen molar-refractivity contribution in [1.82, 2.24) is 15.0 Å². The first kappa shape index (κ1) is 14.9. The first-order valence-corrected chi connectivity index (χ1v) is 7.58. The molecule has 7 nitrogen and oxygen atoms in total. The monoisotopic (exact) mass is 332 g/mol. The molecule has 0 N–H and O–H groups in total. The molecule has 0 unspecified atom stereocenters. The smallest absolute Gasteiger partial charge is 0.268 e. The van der Waals surface area contributed by atoms with E-state index in [4.69, 9.17) is 0 Å². The molecule has 2 heterocycles. The SMILES string of the molecule is Cc1cnnn1C(=O)c1cccc(N2C(=O)c3ccccc3C2=O)c1. The van der Waals surface area contributed by atoms with E-state index in [0.29, 0.717) is 28.1 Å². The number of nitrogens with zero attached hydrogens (tertiary/aromatic N) is 4. The van der Waals surface area contributed by atoms with Crippen LogP contribution in [0.25, 0.3) is 0 Å². The Morgan fingerprint density at radius 3 is 2.24 bits per heavy atom. The van der Waals surface area contributed by atoms with Gasteiger partial charge in [-0.15, -0.1) is 5.10 Å². The fraction of sp³-hybridized carbons (Fsp3) is 0.0556. The number of aryl methyl sites for hydroxylation is 1. The molecule has 1 aliphatic rings. The van der Waals surface area contributed by atoms with Gasteiger partial charge in [0.15, 0.2) is 0 Å². The third kappa shape index (κ3) is 2.25. The van der Waals surface area contributed by atoms with Gasteiger partial charge in [-0.2, -0.15) is 4.68 Å². The van der Waals surface area contributed by atoms with Crippen LogP contribution in [0.15, 0.2) is 54.7 Å². The summed E-state index contributed by atoms with van der Waals surface area (Å²) in [6, 6.07) is 13.0. The van der Waals surface area contributed by atoms with Gasteiger partial charge in [0, 0.05) is 5.56 Å². The largest absolute Gasteiger partial charge is 0.279 e. The van der Waals surface area contributed by atoms with Crippen LogP contribution in [0, 0.1) is 6.92 Å². The number of aromatic nitrogens is 3. The van der Waals surface area contributed by atoms with Crippen LogP contribution >= 0.6 is 0 Å². The molecule has 122 valence electrons. The normalized spacial score (nSPS) is 13.2. The lowest BCUT2D eigenvalue weighted by atomic mass is 10.1. The number of amides is 2. The van der Waals surface area contributed by atoms with Crippen LogP contribution in [0.3, 0.4) is 0 Å². The van der Waals surface area contributed by atoms with Crippen molar-refractivity contribution in [2.75, 3.05) is 4.90 Å². The van der Waals surface area contributed by atoms with Crippen LogP contribution in [-0.2, 0) is 0 Å². The number of anilines is 1. The molecule has 0 fully saturated rings. The number of rotatable bonds is 2. The lowest BCUT2D eigenvalue weighted by Gasteiger charge is -2.14. The van der Waals surface area contributed by atoms with Crippen molar-refractivity contribution in [3.8, 4) is 0 Å². The second-order valence-electron chi connectivity index (χ2n) is 5.63. The van der Waals surface area contributed by atoms with Gasteiger partial charge in [0.05, 0.1) is 28.7 Å². The molecule has 7 heteroatoms. The molecule has 2 amide bonds. The molecule has 1 aromatic heterocycles. The van der Waals surface area contributed by atoms with Gasteiger partial charge in [0.1, 0.15) is 0 Å². The van der Waals surface area contributed by atoms with Crippen molar-refractivity contribution in [3.05, 3.63) is 77.1 Å². The number of benzene rings is 2. The Kier molecular flexibility index (Phi) is 3.28. The third-order valence-corrected chi connectivity index (χ3v) is 4.06. The summed E-state index contributed by atoms with van der Waals surface area (Å²) in [7, 11) is 0. The zero-order valence-corrected chi connectivity index (χ0v) is 13.2. The Hall–Kier alpha value is -3.61. The molecule has 0 saturated heterocycles. The maximum Gasteiger partial charge on any atom is 0.279 e. The minimum absolute atomic E-state index is 0.308. The van der Waals surface area contributed by atoms with E-state index in [1.54, 1.807) is 49.4 Å². The summed E-state index contributed by atoms with van der Waals surface area (Å²) in [5.41, 5.74) is 1.96. The van der Waals surface area contributed by atoms with Crippen molar-refractivity contribution < 1.29 is 14.4 Å². The summed E-state index contributed by atoms with van der Waals surface area (Å²) >= 11 is 0. The fourth-order valence-electron chi connectivity index (χ4n) is 2.81. The number of hydrogen-bond donors (Lipinski definition) is 0. The second kappa shape index (κ2) is 5.48. The van der Waals surface area contributed by atoms with E-state index in [1.165, 1.54) is 16.9 Å². The van der Waals surface area contributed by atoms with Gasteiger partial charge in [-0.25, -0.2) is 4.90 Å². The van der Waals surface area contributed by atoms with Gasteiger partial charge in [0.2, 0.25) is 0 Å². The summed E-state index contributed by atoms with van der Waals surface area (Å²) in [6.07, 6.45) is 1.48. The van der Waals surface area contributed by atoms with Crippen molar-refractivity contribution >= 4 is 23.4 Å². The highest BCUT2D eigenvalue weighted by Gasteiger charge is 2.36. The highest BCUT2D eigenvalue weighted by atomic mass is 16.2. The number of fused-ring (bicyclic) bond motifs is 1. The second-order valence-corrected chi connectivity index (χ2v) is 5.63. The van der Waals surface area contributed by atoms with Crippen LogP contribution in [-0.4, -0.2) is 32.7 Å². The number of carbonyl (C=O) groups is 3. The minimum atomic E-state index is -0.401. The van der Waals surface area contributed by atoms with Crippen LogP contribution in [0.5, 0.6) is 0 Å². The maximum atomic E-state index is 12.6. The molecule has 0 atom stereocenters. The van der Waals surface area contributed by atoms with E-state index in [1.807, 2.05) is 0 Å². The molecule has 0 bridgehead atoms. The first-order valence-electron chi connectivity index (χ1n) is 7.58. The standard InChI is InChI=1S/C18H12N4O3/c1-11-10-19-20-22(11)16(23)12-5-4-6-13(9-12)21-17(24)14-7-2-3-8-15(14)18(21)25/h2-10H,1H3. The fourth-order valence-corrected chi connectivity index (χ4v) is 2.81. The molecular formula is C18H12N4O3. The molecule has 25 heavy (non-hydrogen) atoms. The third-order valence-electron chi connectivity index (χ3n) is 4.06. The first-order chi connectivity index (χ1) is 12.1. The predicted molar refractivity (Wildman–Crippen MR) is 88.5 cm³/mol. The molecule has 0 radical (unpaired) electrons. The zero-order valence-electron chi connectivity index (χ0n) is 13.2. The lowest BCUT2D eigenvalue weighted by molar-refractivity contribution is 0.0916.